The van der Waals surface area contributed by atoms with Gasteiger partial charge in [0.05, 0.1) is 0 Å². The molecule has 0 heterocycles. The Morgan fingerprint density at radius 2 is 1.77 bits per heavy atom. The van der Waals surface area contributed by atoms with Crippen molar-refractivity contribution in [1.82, 2.24) is 0 Å². The monoisotopic (exact) mass is 180 g/mol. The van der Waals surface area contributed by atoms with Gasteiger partial charge in [0.15, 0.2) is 0 Å². The zero-order valence-electron chi connectivity index (χ0n) is 7.50. The minimum absolute atomic E-state index is 0.122. The fraction of sp³-hybridized carbons (Fsp3) is 0.400. The van der Waals surface area contributed by atoms with Gasteiger partial charge < -0.3 is 0 Å². The molecule has 0 aromatic heterocycles. The molecule has 2 atom stereocenters. The SMILES string of the molecule is B[C@H]1C[C@@H]1c1ccc(C(F)F)cc1. The van der Waals surface area contributed by atoms with E-state index in [4.69, 9.17) is 0 Å². The van der Waals surface area contributed by atoms with Gasteiger partial charge in [-0.05, 0) is 11.5 Å². The summed E-state index contributed by atoms with van der Waals surface area (Å²) in [5.41, 5.74) is 1.33. The molecule has 0 saturated heterocycles. The van der Waals surface area contributed by atoms with Crippen molar-refractivity contribution in [3.63, 3.8) is 0 Å². The molecular weight excluding hydrogens is 169 g/mol. The Bertz CT molecular complexity index is 294. The lowest BCUT2D eigenvalue weighted by molar-refractivity contribution is 0.151. The number of hydrogen-bond donors (Lipinski definition) is 0. The predicted octanol–water partition coefficient (Wildman–Crippen LogP) is 2.53. The molecule has 1 fully saturated rings. The third-order valence-electron chi connectivity index (χ3n) is 2.73. The van der Waals surface area contributed by atoms with E-state index >= 15 is 0 Å². The van der Waals surface area contributed by atoms with Crippen LogP contribution < -0.4 is 0 Å². The summed E-state index contributed by atoms with van der Waals surface area (Å²) in [6.45, 7) is 0. The van der Waals surface area contributed by atoms with E-state index < -0.39 is 6.43 Å². The van der Waals surface area contributed by atoms with Crippen LogP contribution in [0, 0.1) is 0 Å². The number of hydrogen-bond acceptors (Lipinski definition) is 0. The first kappa shape index (κ1) is 8.73. The first-order chi connectivity index (χ1) is 6.18. The van der Waals surface area contributed by atoms with Gasteiger partial charge in [0.25, 0.3) is 6.43 Å². The molecule has 0 unspecified atom stereocenters. The smallest absolute Gasteiger partial charge is 0.205 e. The maximum absolute atomic E-state index is 12.2. The Balaban J connectivity index is 2.14. The van der Waals surface area contributed by atoms with E-state index in [2.05, 4.69) is 7.85 Å². The summed E-state index contributed by atoms with van der Waals surface area (Å²) in [6, 6.07) is 6.72. The molecule has 3 heteroatoms. The van der Waals surface area contributed by atoms with Crippen LogP contribution >= 0.6 is 0 Å². The highest BCUT2D eigenvalue weighted by Gasteiger charge is 2.33. The Hall–Kier alpha value is -0.855. The van der Waals surface area contributed by atoms with Gasteiger partial charge in [-0.2, -0.15) is 0 Å². The fourth-order valence-corrected chi connectivity index (χ4v) is 1.68. The molecule has 0 N–H and O–H groups in total. The summed E-state index contributed by atoms with van der Waals surface area (Å²) in [5, 5.41) is 0. The first-order valence-electron chi connectivity index (χ1n) is 4.56. The highest BCUT2D eigenvalue weighted by Crippen LogP contribution is 2.50. The maximum atomic E-state index is 12.2. The van der Waals surface area contributed by atoms with Crippen molar-refractivity contribution in [3.8, 4) is 0 Å². The molecule has 68 valence electrons. The third-order valence-corrected chi connectivity index (χ3v) is 2.73. The summed E-state index contributed by atoms with van der Waals surface area (Å²) >= 11 is 0. The third kappa shape index (κ3) is 1.74. The van der Waals surface area contributed by atoms with E-state index in [-0.39, 0.29) is 5.56 Å². The lowest BCUT2D eigenvalue weighted by Gasteiger charge is -2.01. The van der Waals surface area contributed by atoms with E-state index in [1.165, 1.54) is 24.1 Å². The van der Waals surface area contributed by atoms with Gasteiger partial charge in [0.1, 0.15) is 7.85 Å². The lowest BCUT2D eigenvalue weighted by Crippen LogP contribution is -1.85. The van der Waals surface area contributed by atoms with E-state index in [0.29, 0.717) is 5.92 Å². The van der Waals surface area contributed by atoms with Crippen LogP contribution in [0.3, 0.4) is 0 Å². The molecule has 0 aliphatic heterocycles. The van der Waals surface area contributed by atoms with E-state index in [1.54, 1.807) is 0 Å². The number of benzene rings is 1. The van der Waals surface area contributed by atoms with Gasteiger partial charge in [-0.1, -0.05) is 36.5 Å². The van der Waals surface area contributed by atoms with Crippen LogP contribution in [-0.2, 0) is 0 Å². The normalized spacial score (nSPS) is 26.4. The summed E-state index contributed by atoms with van der Waals surface area (Å²) < 4.78 is 24.4. The highest BCUT2D eigenvalue weighted by molar-refractivity contribution is 6.14. The van der Waals surface area contributed by atoms with Crippen LogP contribution in [0.5, 0.6) is 0 Å². The molecule has 1 saturated carbocycles. The van der Waals surface area contributed by atoms with Crippen LogP contribution in [0.1, 0.15) is 29.9 Å². The highest BCUT2D eigenvalue weighted by atomic mass is 19.3. The van der Waals surface area contributed by atoms with Crippen LogP contribution in [0.4, 0.5) is 8.78 Å². The molecule has 2 rings (SSSR count). The molecule has 1 aliphatic rings. The van der Waals surface area contributed by atoms with E-state index in [1.807, 2.05) is 12.1 Å². The minimum Gasteiger partial charge on any atom is -0.205 e. The largest absolute Gasteiger partial charge is 0.263 e. The standard InChI is InChI=1S/C10H11BF2/c11-9-5-8(9)6-1-3-7(4-2-6)10(12)13/h1-4,8-10H,5,11H2/t8-,9+/m1/s1. The van der Waals surface area contributed by atoms with Crippen molar-refractivity contribution in [2.45, 2.75) is 24.6 Å². The number of alkyl halides is 2. The molecule has 0 spiro atoms. The minimum atomic E-state index is -2.34. The summed E-state index contributed by atoms with van der Waals surface area (Å²) in [7, 11) is 2.19. The van der Waals surface area contributed by atoms with Crippen LogP contribution in [0.25, 0.3) is 0 Å². The average molecular weight is 180 g/mol. The predicted molar refractivity (Wildman–Crippen MR) is 51.1 cm³/mol. The van der Waals surface area contributed by atoms with Crippen LogP contribution in [0.2, 0.25) is 5.82 Å². The molecule has 0 amide bonds. The first-order valence-corrected chi connectivity index (χ1v) is 4.56. The molecule has 1 aliphatic carbocycles. The summed E-state index contributed by atoms with van der Waals surface area (Å²) in [5.74, 6) is 1.35. The zero-order valence-corrected chi connectivity index (χ0v) is 7.50. The average Bonchev–Trinajstić information content (AvgIpc) is 2.83. The van der Waals surface area contributed by atoms with Crippen molar-refractivity contribution in [1.29, 1.82) is 0 Å². The van der Waals surface area contributed by atoms with Crippen LogP contribution in [0.15, 0.2) is 24.3 Å². The van der Waals surface area contributed by atoms with Crippen LogP contribution in [-0.4, -0.2) is 7.85 Å². The quantitative estimate of drug-likeness (QED) is 0.613. The lowest BCUT2D eigenvalue weighted by atomic mass is 9.96. The molecule has 1 aromatic rings. The molecule has 1 aromatic carbocycles. The molecular formula is C10H11BF2. The second kappa shape index (κ2) is 3.13. The van der Waals surface area contributed by atoms with Gasteiger partial charge in [-0.25, -0.2) is 8.78 Å². The van der Waals surface area contributed by atoms with Gasteiger partial charge in [-0.3, -0.25) is 0 Å². The number of rotatable bonds is 2. The topological polar surface area (TPSA) is 0 Å². The molecule has 0 nitrogen and oxygen atoms in total. The van der Waals surface area contributed by atoms with Crippen molar-refractivity contribution >= 4 is 7.85 Å². The fourth-order valence-electron chi connectivity index (χ4n) is 1.68. The van der Waals surface area contributed by atoms with Gasteiger partial charge >= 0.3 is 0 Å². The van der Waals surface area contributed by atoms with Crippen molar-refractivity contribution in [3.05, 3.63) is 35.4 Å². The van der Waals surface area contributed by atoms with E-state index in [0.717, 1.165) is 5.82 Å². The summed E-state index contributed by atoms with van der Waals surface area (Å²) in [6.07, 6.45) is -1.14. The Kier molecular flexibility index (Phi) is 2.10. The number of halogens is 2. The van der Waals surface area contributed by atoms with Crippen molar-refractivity contribution in [2.24, 2.45) is 0 Å². The van der Waals surface area contributed by atoms with Gasteiger partial charge in [0, 0.05) is 5.56 Å². The molecule has 0 bridgehead atoms. The Morgan fingerprint density at radius 3 is 2.15 bits per heavy atom. The van der Waals surface area contributed by atoms with Gasteiger partial charge in [0.2, 0.25) is 0 Å². The second-order valence-corrected chi connectivity index (χ2v) is 3.79. The Morgan fingerprint density at radius 1 is 1.23 bits per heavy atom. The zero-order chi connectivity index (χ0) is 9.42. The summed E-state index contributed by atoms with van der Waals surface area (Å²) in [4.78, 5) is 0. The molecule has 13 heavy (non-hydrogen) atoms. The second-order valence-electron chi connectivity index (χ2n) is 3.79. The van der Waals surface area contributed by atoms with Gasteiger partial charge in [-0.15, -0.1) is 0 Å². The van der Waals surface area contributed by atoms with E-state index in [9.17, 15) is 8.78 Å². The van der Waals surface area contributed by atoms with Crippen molar-refractivity contribution < 1.29 is 8.78 Å². The maximum Gasteiger partial charge on any atom is 0.263 e. The van der Waals surface area contributed by atoms with Crippen molar-refractivity contribution in [2.75, 3.05) is 0 Å². The molecule has 0 radical (unpaired) electrons. The Labute approximate surface area is 77.4 Å².